The monoisotopic (exact) mass is 390 g/mol. The molecule has 0 aromatic heterocycles. The highest BCUT2D eigenvalue weighted by atomic mass is 32.1. The highest BCUT2D eigenvalue weighted by molar-refractivity contribution is 7.80. The Morgan fingerprint density at radius 2 is 1.58 bits per heavy atom. The van der Waals surface area contributed by atoms with Gasteiger partial charge in [-0.15, -0.1) is 0 Å². The molecule has 0 saturated carbocycles. The first-order chi connectivity index (χ1) is 12.0. The summed E-state index contributed by atoms with van der Waals surface area (Å²) in [5.74, 6) is -2.84. The molecule has 0 spiro atoms. The lowest BCUT2D eigenvalue weighted by atomic mass is 9.99. The van der Waals surface area contributed by atoms with Gasteiger partial charge in [-0.3, -0.25) is 19.2 Å². The molecule has 9 nitrogen and oxygen atoms in total. The molecule has 0 aliphatic rings. The highest BCUT2D eigenvalue weighted by Crippen LogP contribution is 2.08. The normalized spacial score (nSPS) is 14.5. The average Bonchev–Trinajstić information content (AvgIpc) is 2.54. The molecule has 0 fully saturated rings. The Morgan fingerprint density at radius 1 is 1.00 bits per heavy atom. The Labute approximate surface area is 159 Å². The number of carbonyl (C=O) groups is 4. The largest absolute Gasteiger partial charge is 0.480 e. The van der Waals surface area contributed by atoms with E-state index in [9.17, 15) is 19.2 Å². The second kappa shape index (κ2) is 11.7. The second-order valence-electron chi connectivity index (χ2n) is 6.82. The van der Waals surface area contributed by atoms with Crippen LogP contribution in [0.2, 0.25) is 0 Å². The molecule has 0 aromatic rings. The lowest BCUT2D eigenvalue weighted by Crippen LogP contribution is -2.58. The minimum Gasteiger partial charge on any atom is -0.480 e. The topological polar surface area (TPSA) is 151 Å². The zero-order valence-corrected chi connectivity index (χ0v) is 16.5. The van der Waals surface area contributed by atoms with Crippen LogP contribution in [-0.4, -0.2) is 59.2 Å². The van der Waals surface area contributed by atoms with E-state index in [2.05, 4.69) is 28.6 Å². The van der Waals surface area contributed by atoms with Gasteiger partial charge in [0.15, 0.2) is 0 Å². The summed E-state index contributed by atoms with van der Waals surface area (Å²) in [7, 11) is 0. The lowest BCUT2D eigenvalue weighted by Gasteiger charge is -2.26. The molecule has 0 aromatic carbocycles. The van der Waals surface area contributed by atoms with E-state index in [1.807, 2.05) is 13.8 Å². The van der Waals surface area contributed by atoms with Crippen molar-refractivity contribution < 1.29 is 24.3 Å². The fourth-order valence-corrected chi connectivity index (χ4v) is 2.29. The molecule has 0 saturated heterocycles. The first-order valence-electron chi connectivity index (χ1n) is 8.46. The summed E-state index contributed by atoms with van der Waals surface area (Å²) in [5.41, 5.74) is 5.61. The lowest BCUT2D eigenvalue weighted by molar-refractivity contribution is -0.138. The van der Waals surface area contributed by atoms with E-state index in [1.165, 1.54) is 0 Å². The van der Waals surface area contributed by atoms with Crippen LogP contribution in [0.4, 0.5) is 0 Å². The number of carbonyl (C=O) groups excluding carboxylic acids is 3. The van der Waals surface area contributed by atoms with Crippen LogP contribution in [0, 0.1) is 11.8 Å². The minimum absolute atomic E-state index is 0.0839. The van der Waals surface area contributed by atoms with Crippen LogP contribution in [0.15, 0.2) is 0 Å². The van der Waals surface area contributed by atoms with Crippen LogP contribution in [0.1, 0.15) is 34.1 Å². The van der Waals surface area contributed by atoms with Crippen molar-refractivity contribution in [1.29, 1.82) is 0 Å². The number of carboxylic acids is 1. The Balaban J connectivity index is 5.12. The van der Waals surface area contributed by atoms with Crippen molar-refractivity contribution in [2.75, 3.05) is 12.3 Å². The van der Waals surface area contributed by atoms with Crippen molar-refractivity contribution in [2.24, 2.45) is 17.6 Å². The summed E-state index contributed by atoms with van der Waals surface area (Å²) >= 11 is 3.95. The molecule has 0 rings (SSSR count). The van der Waals surface area contributed by atoms with Crippen LogP contribution in [0.5, 0.6) is 0 Å². The Hall–Kier alpha value is -1.81. The third kappa shape index (κ3) is 9.04. The molecule has 10 heteroatoms. The zero-order chi connectivity index (χ0) is 20.4. The molecule has 0 radical (unpaired) electrons. The fourth-order valence-electron chi connectivity index (χ4n) is 2.13. The maximum atomic E-state index is 12.6. The number of hydrogen-bond donors (Lipinski definition) is 6. The summed E-state index contributed by atoms with van der Waals surface area (Å²) in [5, 5.41) is 16.1. The van der Waals surface area contributed by atoms with Crippen molar-refractivity contribution >= 4 is 36.3 Å². The number of rotatable bonds is 11. The van der Waals surface area contributed by atoms with Crippen molar-refractivity contribution in [3.8, 4) is 0 Å². The predicted octanol–water partition coefficient (Wildman–Crippen LogP) is -0.884. The Kier molecular flexibility index (Phi) is 10.9. The zero-order valence-electron chi connectivity index (χ0n) is 15.6. The van der Waals surface area contributed by atoms with Gasteiger partial charge in [-0.2, -0.15) is 12.6 Å². The van der Waals surface area contributed by atoms with E-state index in [0.29, 0.717) is 6.42 Å². The number of carboxylic acid groups (broad SMARTS) is 1. The summed E-state index contributed by atoms with van der Waals surface area (Å²) < 4.78 is 0. The van der Waals surface area contributed by atoms with Crippen molar-refractivity contribution in [3.63, 3.8) is 0 Å². The number of thiol groups is 1. The summed E-state index contributed by atoms with van der Waals surface area (Å²) in [6, 6.07) is -2.63. The van der Waals surface area contributed by atoms with Crippen molar-refractivity contribution in [3.05, 3.63) is 0 Å². The Bertz CT molecular complexity index is 513. The van der Waals surface area contributed by atoms with E-state index in [1.54, 1.807) is 13.8 Å². The molecule has 0 aliphatic carbocycles. The molecule has 3 amide bonds. The first kappa shape index (κ1) is 24.2. The smallest absolute Gasteiger partial charge is 0.322 e. The SMILES string of the molecule is CC(C)CC(NC(=O)C(NC(=O)C(N)CS)C(C)C)C(=O)NCC(=O)O. The standard InChI is InChI=1S/C16H30N4O5S/c1-8(2)5-11(15(24)18-6-12(21)22)19-16(25)13(9(3)4)20-14(23)10(17)7-26/h8-11,13,26H,5-7,17H2,1-4H3,(H,18,24)(H,19,25)(H,20,23)(H,21,22). The highest BCUT2D eigenvalue weighted by Gasteiger charge is 2.30. The number of aliphatic carboxylic acids is 1. The van der Waals surface area contributed by atoms with E-state index in [0.717, 1.165) is 0 Å². The summed E-state index contributed by atoms with van der Waals surface area (Å²) in [4.78, 5) is 47.3. The number of nitrogens with one attached hydrogen (secondary N) is 3. The maximum absolute atomic E-state index is 12.6. The molecular formula is C16H30N4O5S. The molecule has 0 bridgehead atoms. The number of amides is 3. The molecule has 0 aliphatic heterocycles. The van der Waals surface area contributed by atoms with Gasteiger partial charge in [0, 0.05) is 5.75 Å². The van der Waals surface area contributed by atoms with Crippen LogP contribution in [0.25, 0.3) is 0 Å². The van der Waals surface area contributed by atoms with Gasteiger partial charge >= 0.3 is 5.97 Å². The molecule has 3 atom stereocenters. The molecule has 0 heterocycles. The predicted molar refractivity (Wildman–Crippen MR) is 101 cm³/mol. The maximum Gasteiger partial charge on any atom is 0.322 e. The van der Waals surface area contributed by atoms with Crippen LogP contribution in [-0.2, 0) is 19.2 Å². The van der Waals surface area contributed by atoms with E-state index in [-0.39, 0.29) is 17.6 Å². The van der Waals surface area contributed by atoms with Gasteiger partial charge in [0.25, 0.3) is 0 Å². The molecule has 26 heavy (non-hydrogen) atoms. The van der Waals surface area contributed by atoms with Crippen LogP contribution in [0.3, 0.4) is 0 Å². The number of nitrogens with two attached hydrogens (primary N) is 1. The van der Waals surface area contributed by atoms with E-state index < -0.39 is 48.4 Å². The molecule has 3 unspecified atom stereocenters. The quantitative estimate of drug-likeness (QED) is 0.252. The molecular weight excluding hydrogens is 360 g/mol. The fraction of sp³-hybridized carbons (Fsp3) is 0.750. The minimum atomic E-state index is -1.18. The van der Waals surface area contributed by atoms with Gasteiger partial charge < -0.3 is 26.8 Å². The summed E-state index contributed by atoms with van der Waals surface area (Å²) in [6.07, 6.45) is 0.326. The van der Waals surface area contributed by atoms with Gasteiger partial charge in [-0.25, -0.2) is 0 Å². The molecule has 150 valence electrons. The molecule has 6 N–H and O–H groups in total. The van der Waals surface area contributed by atoms with Gasteiger partial charge in [0.05, 0.1) is 6.04 Å². The van der Waals surface area contributed by atoms with Crippen molar-refractivity contribution in [2.45, 2.75) is 52.2 Å². The van der Waals surface area contributed by atoms with Gasteiger partial charge in [-0.05, 0) is 18.3 Å². The summed E-state index contributed by atoms with van der Waals surface area (Å²) in [6.45, 7) is 6.70. The van der Waals surface area contributed by atoms with Crippen LogP contribution < -0.4 is 21.7 Å². The van der Waals surface area contributed by atoms with E-state index in [4.69, 9.17) is 10.8 Å². The average molecular weight is 391 g/mol. The third-order valence-electron chi connectivity index (χ3n) is 3.53. The third-order valence-corrected chi connectivity index (χ3v) is 3.93. The van der Waals surface area contributed by atoms with E-state index >= 15 is 0 Å². The van der Waals surface area contributed by atoms with Crippen LogP contribution >= 0.6 is 12.6 Å². The van der Waals surface area contributed by atoms with Crippen molar-refractivity contribution in [1.82, 2.24) is 16.0 Å². The second-order valence-corrected chi connectivity index (χ2v) is 7.19. The first-order valence-corrected chi connectivity index (χ1v) is 9.09. The van der Waals surface area contributed by atoms with Gasteiger partial charge in [0.1, 0.15) is 18.6 Å². The Morgan fingerprint density at radius 3 is 2.00 bits per heavy atom. The van der Waals surface area contributed by atoms with Gasteiger partial charge in [-0.1, -0.05) is 27.7 Å². The number of hydrogen-bond acceptors (Lipinski definition) is 6. The van der Waals surface area contributed by atoms with Gasteiger partial charge in [0.2, 0.25) is 17.7 Å².